The van der Waals surface area contributed by atoms with Crippen molar-refractivity contribution >= 4 is 23.2 Å². The number of para-hydroxylation sites is 2. The van der Waals surface area contributed by atoms with Gasteiger partial charge in [-0.1, -0.05) is 35.9 Å². The quantitative estimate of drug-likeness (QED) is 0.653. The molecule has 0 unspecified atom stereocenters. The number of carbonyl (C=O) groups is 2. The first-order chi connectivity index (χ1) is 15.0. The van der Waals surface area contributed by atoms with Gasteiger partial charge in [0.1, 0.15) is 12.4 Å². The zero-order chi connectivity index (χ0) is 21.8. The lowest BCUT2D eigenvalue weighted by atomic mass is 10.1. The molecule has 6 nitrogen and oxygen atoms in total. The monoisotopic (exact) mass is 415 g/mol. The number of amides is 2. The first-order valence-electron chi connectivity index (χ1n) is 10.3. The van der Waals surface area contributed by atoms with E-state index in [-0.39, 0.29) is 18.2 Å². The molecule has 3 aromatic rings. The van der Waals surface area contributed by atoms with Gasteiger partial charge in [-0.15, -0.1) is 0 Å². The van der Waals surface area contributed by atoms with Gasteiger partial charge in [0.25, 0.3) is 0 Å². The molecule has 31 heavy (non-hydrogen) atoms. The van der Waals surface area contributed by atoms with Crippen LogP contribution in [0.5, 0.6) is 5.75 Å². The van der Waals surface area contributed by atoms with E-state index in [1.807, 2.05) is 62.4 Å². The van der Waals surface area contributed by atoms with Crippen molar-refractivity contribution < 1.29 is 14.3 Å². The first-order valence-corrected chi connectivity index (χ1v) is 10.3. The fourth-order valence-electron chi connectivity index (χ4n) is 3.79. The Morgan fingerprint density at radius 1 is 1.13 bits per heavy atom. The van der Waals surface area contributed by atoms with Crippen molar-refractivity contribution in [2.45, 2.75) is 26.9 Å². The Kier molecular flexibility index (Phi) is 5.98. The zero-order valence-corrected chi connectivity index (χ0v) is 17.7. The molecule has 1 saturated heterocycles. The van der Waals surface area contributed by atoms with E-state index in [2.05, 4.69) is 10.3 Å². The van der Waals surface area contributed by atoms with E-state index in [0.717, 1.165) is 22.5 Å². The smallest absolute Gasteiger partial charge is 0.229 e. The van der Waals surface area contributed by atoms with E-state index in [0.29, 0.717) is 24.6 Å². The van der Waals surface area contributed by atoms with Crippen LogP contribution in [0.2, 0.25) is 0 Å². The average Bonchev–Trinajstić information content (AvgIpc) is 3.15. The Morgan fingerprint density at radius 2 is 1.94 bits per heavy atom. The lowest BCUT2D eigenvalue weighted by Crippen LogP contribution is -2.28. The third-order valence-corrected chi connectivity index (χ3v) is 5.39. The van der Waals surface area contributed by atoms with E-state index in [1.165, 1.54) is 0 Å². The third-order valence-electron chi connectivity index (χ3n) is 5.39. The number of hydrogen-bond acceptors (Lipinski definition) is 4. The number of nitrogens with one attached hydrogen (secondary N) is 1. The molecular weight excluding hydrogens is 390 g/mol. The van der Waals surface area contributed by atoms with Crippen LogP contribution in [0.4, 0.5) is 11.4 Å². The van der Waals surface area contributed by atoms with E-state index >= 15 is 0 Å². The summed E-state index contributed by atoms with van der Waals surface area (Å²) in [6, 6.07) is 18.9. The third kappa shape index (κ3) is 4.74. The number of rotatable bonds is 6. The maximum absolute atomic E-state index is 12.9. The number of hydrogen-bond donors (Lipinski definition) is 1. The molecule has 0 aliphatic carbocycles. The highest BCUT2D eigenvalue weighted by molar-refractivity contribution is 6.04. The van der Waals surface area contributed by atoms with Crippen LogP contribution in [0.25, 0.3) is 0 Å². The lowest BCUT2D eigenvalue weighted by molar-refractivity contribution is -0.122. The summed E-state index contributed by atoms with van der Waals surface area (Å²) in [5.74, 6) is -0.0737. The number of nitrogens with zero attached hydrogens (tertiary/aromatic N) is 2. The Hall–Kier alpha value is -3.67. The molecular formula is C25H25N3O3. The van der Waals surface area contributed by atoms with Crippen LogP contribution >= 0.6 is 0 Å². The minimum absolute atomic E-state index is 0.0354. The summed E-state index contributed by atoms with van der Waals surface area (Å²) in [5.41, 5.74) is 4.42. The molecule has 0 radical (unpaired) electrons. The lowest BCUT2D eigenvalue weighted by Gasteiger charge is -2.19. The van der Waals surface area contributed by atoms with Crippen LogP contribution in [0.1, 0.15) is 23.2 Å². The maximum atomic E-state index is 12.9. The van der Waals surface area contributed by atoms with Crippen molar-refractivity contribution in [3.05, 3.63) is 83.7 Å². The van der Waals surface area contributed by atoms with Crippen LogP contribution in [0.3, 0.4) is 0 Å². The fourth-order valence-corrected chi connectivity index (χ4v) is 3.79. The van der Waals surface area contributed by atoms with Crippen molar-refractivity contribution in [3.8, 4) is 5.75 Å². The highest BCUT2D eigenvalue weighted by atomic mass is 16.5. The number of ether oxygens (including phenoxy) is 1. The number of benzene rings is 2. The molecule has 1 aromatic heterocycles. The topological polar surface area (TPSA) is 71.5 Å². The SMILES string of the molecule is Cc1ccc(N2C[C@H](C(=O)Nc3ccccc3OCc3ccccn3)CC2=O)c(C)c1. The summed E-state index contributed by atoms with van der Waals surface area (Å²) in [5, 5.41) is 2.94. The molecule has 0 saturated carbocycles. The van der Waals surface area contributed by atoms with Gasteiger partial charge in [0.2, 0.25) is 11.8 Å². The molecule has 2 amide bonds. The van der Waals surface area contributed by atoms with Gasteiger partial charge >= 0.3 is 0 Å². The van der Waals surface area contributed by atoms with Gasteiger partial charge in [-0.2, -0.15) is 0 Å². The zero-order valence-electron chi connectivity index (χ0n) is 17.7. The number of anilines is 2. The summed E-state index contributed by atoms with van der Waals surface area (Å²) >= 11 is 0. The van der Waals surface area contributed by atoms with Gasteiger partial charge in [-0.25, -0.2) is 0 Å². The van der Waals surface area contributed by atoms with Crippen molar-refractivity contribution in [1.29, 1.82) is 0 Å². The largest absolute Gasteiger partial charge is 0.485 e. The maximum Gasteiger partial charge on any atom is 0.229 e. The number of carbonyl (C=O) groups excluding carboxylic acids is 2. The van der Waals surface area contributed by atoms with Gasteiger partial charge in [0.05, 0.1) is 17.3 Å². The second-order valence-electron chi connectivity index (χ2n) is 7.79. The van der Waals surface area contributed by atoms with Crippen molar-refractivity contribution in [2.75, 3.05) is 16.8 Å². The summed E-state index contributed by atoms with van der Waals surface area (Å²) in [4.78, 5) is 31.5. The highest BCUT2D eigenvalue weighted by Gasteiger charge is 2.35. The molecule has 1 aliphatic heterocycles. The summed E-state index contributed by atoms with van der Waals surface area (Å²) in [6.07, 6.45) is 1.90. The van der Waals surface area contributed by atoms with E-state index in [1.54, 1.807) is 23.2 Å². The van der Waals surface area contributed by atoms with Crippen LogP contribution in [-0.4, -0.2) is 23.3 Å². The van der Waals surface area contributed by atoms with E-state index < -0.39 is 5.92 Å². The minimum Gasteiger partial charge on any atom is -0.485 e. The Balaban J connectivity index is 1.43. The number of aromatic nitrogens is 1. The summed E-state index contributed by atoms with van der Waals surface area (Å²) < 4.78 is 5.87. The van der Waals surface area contributed by atoms with E-state index in [4.69, 9.17) is 4.74 Å². The van der Waals surface area contributed by atoms with E-state index in [9.17, 15) is 9.59 Å². The molecule has 158 valence electrons. The van der Waals surface area contributed by atoms with Crippen LogP contribution in [-0.2, 0) is 16.2 Å². The predicted octanol–water partition coefficient (Wildman–Crippen LogP) is 4.27. The van der Waals surface area contributed by atoms with Gasteiger partial charge in [-0.05, 0) is 49.7 Å². The van der Waals surface area contributed by atoms with Crippen LogP contribution < -0.4 is 15.0 Å². The van der Waals surface area contributed by atoms with Crippen molar-refractivity contribution in [2.24, 2.45) is 5.92 Å². The van der Waals surface area contributed by atoms with Crippen LogP contribution in [0.15, 0.2) is 66.9 Å². The van der Waals surface area contributed by atoms with Crippen molar-refractivity contribution in [1.82, 2.24) is 4.98 Å². The van der Waals surface area contributed by atoms with Crippen LogP contribution in [0, 0.1) is 19.8 Å². The summed E-state index contributed by atoms with van der Waals surface area (Å²) in [6.45, 7) is 4.67. The Morgan fingerprint density at radius 3 is 2.71 bits per heavy atom. The molecule has 2 aromatic carbocycles. The standard InChI is InChI=1S/C25H25N3O3/c1-17-10-11-22(18(2)13-17)28-15-19(14-24(28)29)25(30)27-21-8-3-4-9-23(21)31-16-20-7-5-6-12-26-20/h3-13,19H,14-16H2,1-2H3,(H,27,30)/t19-/m1/s1. The van der Waals surface area contributed by atoms with Crippen molar-refractivity contribution in [3.63, 3.8) is 0 Å². The molecule has 1 aliphatic rings. The number of aryl methyl sites for hydroxylation is 2. The number of pyridine rings is 1. The first kappa shape index (κ1) is 20.6. The van der Waals surface area contributed by atoms with Gasteiger partial charge in [0, 0.05) is 24.8 Å². The molecule has 1 atom stereocenters. The Labute approximate surface area is 181 Å². The fraction of sp³-hybridized carbons (Fsp3) is 0.240. The normalized spacial score (nSPS) is 15.7. The second-order valence-corrected chi connectivity index (χ2v) is 7.79. The minimum atomic E-state index is -0.419. The second kappa shape index (κ2) is 9.00. The highest BCUT2D eigenvalue weighted by Crippen LogP contribution is 2.30. The molecule has 0 bridgehead atoms. The molecule has 1 N–H and O–H groups in total. The molecule has 2 heterocycles. The summed E-state index contributed by atoms with van der Waals surface area (Å²) in [7, 11) is 0. The van der Waals surface area contributed by atoms with Gasteiger partial charge in [0.15, 0.2) is 0 Å². The van der Waals surface area contributed by atoms with Gasteiger partial charge in [-0.3, -0.25) is 14.6 Å². The Bertz CT molecular complexity index is 1100. The molecule has 6 heteroatoms. The molecule has 4 rings (SSSR count). The predicted molar refractivity (Wildman–Crippen MR) is 120 cm³/mol. The van der Waals surface area contributed by atoms with Gasteiger partial charge < -0.3 is 15.0 Å². The average molecular weight is 415 g/mol. The molecule has 0 spiro atoms. The molecule has 1 fully saturated rings.